The number of nitrogens with zero attached hydrogens (tertiary/aromatic N) is 4. The highest BCUT2D eigenvalue weighted by Gasteiger charge is 2.20. The van der Waals surface area contributed by atoms with Crippen LogP contribution in [0.2, 0.25) is 5.02 Å². The van der Waals surface area contributed by atoms with E-state index in [9.17, 15) is 14.0 Å². The quantitative estimate of drug-likeness (QED) is 0.673. The molecule has 0 saturated heterocycles. The number of carbonyl (C=O) groups excluding carboxylic acids is 2. The third kappa shape index (κ3) is 4.45. The van der Waals surface area contributed by atoms with Crippen LogP contribution in [0.3, 0.4) is 0 Å². The molecule has 0 saturated carbocycles. The van der Waals surface area contributed by atoms with Crippen molar-refractivity contribution in [2.75, 3.05) is 5.32 Å². The number of rotatable bonds is 5. The SMILES string of the molecule is C[C@@H](OC(=O)c1ccc(-n2cnnn2)cc1)C(=O)Nc1ccc(F)cc1Cl. The molecule has 0 spiro atoms. The average molecular weight is 390 g/mol. The van der Waals surface area contributed by atoms with Crippen LogP contribution in [0.1, 0.15) is 17.3 Å². The molecule has 0 fully saturated rings. The highest BCUT2D eigenvalue weighted by Crippen LogP contribution is 2.22. The molecule has 1 atom stereocenters. The molecule has 10 heteroatoms. The van der Waals surface area contributed by atoms with Gasteiger partial charge in [0.15, 0.2) is 6.10 Å². The molecule has 1 amide bonds. The second-order valence-corrected chi connectivity index (χ2v) is 5.87. The van der Waals surface area contributed by atoms with Crippen LogP contribution in [0.4, 0.5) is 10.1 Å². The van der Waals surface area contributed by atoms with Gasteiger partial charge in [0.2, 0.25) is 0 Å². The molecule has 1 N–H and O–H groups in total. The maximum absolute atomic E-state index is 13.0. The van der Waals surface area contributed by atoms with Gasteiger partial charge in [0.05, 0.1) is 22.0 Å². The van der Waals surface area contributed by atoms with Gasteiger partial charge in [-0.15, -0.1) is 5.10 Å². The Bertz CT molecular complexity index is 963. The van der Waals surface area contributed by atoms with Gasteiger partial charge in [-0.25, -0.2) is 13.9 Å². The first-order valence-corrected chi connectivity index (χ1v) is 8.12. The summed E-state index contributed by atoms with van der Waals surface area (Å²) in [4.78, 5) is 24.4. The maximum atomic E-state index is 13.0. The summed E-state index contributed by atoms with van der Waals surface area (Å²) in [6.07, 6.45) is 0.332. The summed E-state index contributed by atoms with van der Waals surface area (Å²) in [5, 5.41) is 13.3. The molecule has 0 aliphatic heterocycles. The summed E-state index contributed by atoms with van der Waals surface area (Å²) < 4.78 is 19.6. The summed E-state index contributed by atoms with van der Waals surface area (Å²) >= 11 is 5.86. The van der Waals surface area contributed by atoms with E-state index in [1.807, 2.05) is 0 Å². The zero-order chi connectivity index (χ0) is 19.4. The minimum Gasteiger partial charge on any atom is -0.449 e. The number of amides is 1. The topological polar surface area (TPSA) is 99.0 Å². The molecule has 8 nitrogen and oxygen atoms in total. The van der Waals surface area contributed by atoms with Crippen molar-refractivity contribution in [2.24, 2.45) is 0 Å². The van der Waals surface area contributed by atoms with Gasteiger partial charge in [-0.2, -0.15) is 0 Å². The van der Waals surface area contributed by atoms with Crippen LogP contribution in [0.25, 0.3) is 5.69 Å². The molecular weight excluding hydrogens is 377 g/mol. The molecule has 2 aromatic carbocycles. The Morgan fingerprint density at radius 3 is 2.59 bits per heavy atom. The summed E-state index contributed by atoms with van der Waals surface area (Å²) in [6, 6.07) is 9.87. The fraction of sp³-hybridized carbons (Fsp3) is 0.118. The van der Waals surface area contributed by atoms with Crippen molar-refractivity contribution in [3.05, 3.63) is 65.2 Å². The molecule has 1 heterocycles. The number of hydrogen-bond donors (Lipinski definition) is 1. The molecule has 27 heavy (non-hydrogen) atoms. The highest BCUT2D eigenvalue weighted by atomic mass is 35.5. The summed E-state index contributed by atoms with van der Waals surface area (Å²) in [5.41, 5.74) is 1.14. The van der Waals surface area contributed by atoms with Gasteiger partial charge in [-0.3, -0.25) is 4.79 Å². The van der Waals surface area contributed by atoms with Crippen molar-refractivity contribution in [2.45, 2.75) is 13.0 Å². The first kappa shape index (κ1) is 18.5. The number of benzene rings is 2. The van der Waals surface area contributed by atoms with Crippen molar-refractivity contribution in [1.29, 1.82) is 0 Å². The van der Waals surface area contributed by atoms with Crippen molar-refractivity contribution in [1.82, 2.24) is 20.2 Å². The number of aromatic nitrogens is 4. The van der Waals surface area contributed by atoms with E-state index in [-0.39, 0.29) is 16.3 Å². The number of halogens is 2. The van der Waals surface area contributed by atoms with Crippen molar-refractivity contribution < 1.29 is 18.7 Å². The average Bonchev–Trinajstić information content (AvgIpc) is 3.18. The highest BCUT2D eigenvalue weighted by molar-refractivity contribution is 6.33. The third-order valence-corrected chi connectivity index (χ3v) is 3.87. The standard InChI is InChI=1S/C17H13ClFN5O3/c1-10(16(25)21-15-7-4-12(19)8-14(15)18)27-17(26)11-2-5-13(6-3-11)24-9-20-22-23-24/h2-10H,1H3,(H,21,25)/t10-/m1/s1. The molecule has 0 bridgehead atoms. The van der Waals surface area contributed by atoms with Gasteiger partial charge < -0.3 is 10.1 Å². The number of tetrazole rings is 1. The lowest BCUT2D eigenvalue weighted by atomic mass is 10.2. The molecule has 0 unspecified atom stereocenters. The molecule has 3 aromatic rings. The van der Waals surface area contributed by atoms with Crippen LogP contribution in [0, 0.1) is 5.82 Å². The Morgan fingerprint density at radius 2 is 1.96 bits per heavy atom. The molecule has 3 rings (SSSR count). The normalized spacial score (nSPS) is 11.7. The maximum Gasteiger partial charge on any atom is 0.338 e. The zero-order valence-corrected chi connectivity index (χ0v) is 14.7. The third-order valence-electron chi connectivity index (χ3n) is 3.56. The van der Waals surface area contributed by atoms with Crippen molar-refractivity contribution in [3.63, 3.8) is 0 Å². The van der Waals surface area contributed by atoms with E-state index in [2.05, 4.69) is 20.8 Å². The second kappa shape index (κ2) is 7.92. The fourth-order valence-corrected chi connectivity index (χ4v) is 2.35. The van der Waals surface area contributed by atoms with Crippen LogP contribution in [-0.4, -0.2) is 38.2 Å². The number of nitrogens with one attached hydrogen (secondary N) is 1. The Hall–Kier alpha value is -3.33. The van der Waals surface area contributed by atoms with Gasteiger partial charge >= 0.3 is 5.97 Å². The van der Waals surface area contributed by atoms with E-state index in [0.717, 1.165) is 12.1 Å². The Balaban J connectivity index is 1.62. The first-order valence-electron chi connectivity index (χ1n) is 7.74. The molecular formula is C17H13ClFN5O3. The van der Waals surface area contributed by atoms with Gasteiger partial charge in [-0.1, -0.05) is 11.6 Å². The fourth-order valence-electron chi connectivity index (χ4n) is 2.14. The lowest BCUT2D eigenvalue weighted by Crippen LogP contribution is -2.30. The van der Waals surface area contributed by atoms with E-state index in [1.54, 1.807) is 12.1 Å². The summed E-state index contributed by atoms with van der Waals surface area (Å²) in [5.74, 6) is -1.80. The van der Waals surface area contributed by atoms with Gasteiger partial charge in [0.1, 0.15) is 12.1 Å². The zero-order valence-electron chi connectivity index (χ0n) is 14.0. The Kier molecular flexibility index (Phi) is 5.41. The van der Waals surface area contributed by atoms with E-state index in [0.29, 0.717) is 5.69 Å². The first-order chi connectivity index (χ1) is 12.9. The number of carbonyl (C=O) groups is 2. The molecule has 1 aromatic heterocycles. The van der Waals surface area contributed by atoms with E-state index in [4.69, 9.17) is 16.3 Å². The van der Waals surface area contributed by atoms with Crippen LogP contribution >= 0.6 is 11.6 Å². The van der Waals surface area contributed by atoms with Crippen LogP contribution in [0.15, 0.2) is 48.8 Å². The molecule has 0 aliphatic rings. The summed E-state index contributed by atoms with van der Waals surface area (Å²) in [7, 11) is 0. The summed E-state index contributed by atoms with van der Waals surface area (Å²) in [6.45, 7) is 1.42. The minimum absolute atomic E-state index is 0.0417. The van der Waals surface area contributed by atoms with Gasteiger partial charge in [0.25, 0.3) is 5.91 Å². The Morgan fingerprint density at radius 1 is 1.22 bits per heavy atom. The number of anilines is 1. The van der Waals surface area contributed by atoms with Crippen LogP contribution in [0.5, 0.6) is 0 Å². The molecule has 0 aliphatic carbocycles. The van der Waals surface area contributed by atoms with E-state index < -0.39 is 23.8 Å². The minimum atomic E-state index is -1.09. The van der Waals surface area contributed by atoms with Crippen LogP contribution < -0.4 is 5.32 Å². The van der Waals surface area contributed by atoms with Gasteiger partial charge in [-0.05, 0) is 59.8 Å². The molecule has 138 valence electrons. The predicted octanol–water partition coefficient (Wildman–Crippen LogP) is 2.64. The smallest absolute Gasteiger partial charge is 0.338 e. The van der Waals surface area contributed by atoms with Crippen LogP contribution in [-0.2, 0) is 9.53 Å². The van der Waals surface area contributed by atoms with E-state index in [1.165, 1.54) is 36.1 Å². The molecule has 0 radical (unpaired) electrons. The van der Waals surface area contributed by atoms with Crippen molar-refractivity contribution in [3.8, 4) is 5.69 Å². The lowest BCUT2D eigenvalue weighted by Gasteiger charge is -2.14. The van der Waals surface area contributed by atoms with Crippen molar-refractivity contribution >= 4 is 29.2 Å². The predicted molar refractivity (Wildman–Crippen MR) is 94.1 cm³/mol. The monoisotopic (exact) mass is 389 g/mol. The second-order valence-electron chi connectivity index (χ2n) is 5.46. The Labute approximate surface area is 157 Å². The van der Waals surface area contributed by atoms with E-state index >= 15 is 0 Å². The number of esters is 1. The largest absolute Gasteiger partial charge is 0.449 e. The number of hydrogen-bond acceptors (Lipinski definition) is 6. The number of ether oxygens (including phenoxy) is 1. The lowest BCUT2D eigenvalue weighted by molar-refractivity contribution is -0.123. The van der Waals surface area contributed by atoms with Gasteiger partial charge in [0, 0.05) is 0 Å².